The largest absolute Gasteiger partial charge is 0.463 e. The number of rotatable bonds is 6. The van der Waals surface area contributed by atoms with E-state index in [-0.39, 0.29) is 12.5 Å². The minimum Gasteiger partial charge on any atom is -0.463 e. The van der Waals surface area contributed by atoms with E-state index < -0.39 is 11.7 Å². The first-order valence-corrected chi connectivity index (χ1v) is 10.2. The first-order valence-electron chi connectivity index (χ1n) is 10.2. The third kappa shape index (κ3) is 6.11. The number of nitrogens with zero attached hydrogens (tertiary/aromatic N) is 1. The van der Waals surface area contributed by atoms with E-state index in [1.807, 2.05) is 20.8 Å². The van der Waals surface area contributed by atoms with Gasteiger partial charge in [-0.3, -0.25) is 0 Å². The summed E-state index contributed by atoms with van der Waals surface area (Å²) in [4.78, 5) is 26.6. The third-order valence-electron chi connectivity index (χ3n) is 4.64. The second kappa shape index (κ2) is 9.76. The molecule has 0 aromatic heterocycles. The van der Waals surface area contributed by atoms with Gasteiger partial charge in [0.05, 0.1) is 18.7 Å². The van der Waals surface area contributed by atoms with Crippen molar-refractivity contribution >= 4 is 17.6 Å². The normalized spacial score (nSPS) is 14.8. The molecule has 1 aromatic carbocycles. The van der Waals surface area contributed by atoms with Gasteiger partial charge in [-0.25, -0.2) is 9.59 Å². The number of carbonyl (C=O) groups is 2. The van der Waals surface area contributed by atoms with E-state index in [1.54, 1.807) is 11.8 Å². The van der Waals surface area contributed by atoms with E-state index in [4.69, 9.17) is 9.47 Å². The van der Waals surface area contributed by atoms with Crippen LogP contribution < -0.4 is 0 Å². The van der Waals surface area contributed by atoms with Crippen LogP contribution in [0, 0.1) is 0 Å². The number of hydrogen-bond donors (Lipinski definition) is 0. The average Bonchev–Trinajstić information content (AvgIpc) is 2.65. The minimum atomic E-state index is -0.570. The van der Waals surface area contributed by atoms with Gasteiger partial charge in [0.2, 0.25) is 0 Å². The Bertz CT molecular complexity index is 713. The summed E-state index contributed by atoms with van der Waals surface area (Å²) in [5, 5.41) is 0. The summed E-state index contributed by atoms with van der Waals surface area (Å²) >= 11 is 0. The lowest BCUT2D eigenvalue weighted by Crippen LogP contribution is -2.42. The van der Waals surface area contributed by atoms with E-state index in [2.05, 4.69) is 31.2 Å². The molecule has 2 rings (SSSR count). The van der Waals surface area contributed by atoms with Gasteiger partial charge in [0.25, 0.3) is 0 Å². The SMILES string of the molecule is CCCCc1ccc(C2=C(C(=O)OCC)CN(C(=O)OC(C)(C)C)CC2)cc1. The van der Waals surface area contributed by atoms with Crippen molar-refractivity contribution in [3.05, 3.63) is 41.0 Å². The van der Waals surface area contributed by atoms with Gasteiger partial charge < -0.3 is 14.4 Å². The van der Waals surface area contributed by atoms with Gasteiger partial charge in [-0.15, -0.1) is 0 Å². The van der Waals surface area contributed by atoms with Crippen molar-refractivity contribution in [3.8, 4) is 0 Å². The molecule has 0 unspecified atom stereocenters. The fourth-order valence-electron chi connectivity index (χ4n) is 3.22. The third-order valence-corrected chi connectivity index (χ3v) is 4.64. The van der Waals surface area contributed by atoms with E-state index in [1.165, 1.54) is 18.4 Å². The first-order chi connectivity index (χ1) is 13.2. The Morgan fingerprint density at radius 2 is 1.79 bits per heavy atom. The van der Waals surface area contributed by atoms with Crippen molar-refractivity contribution < 1.29 is 19.1 Å². The molecule has 0 N–H and O–H groups in total. The summed E-state index contributed by atoms with van der Waals surface area (Å²) in [6, 6.07) is 8.40. The molecule has 1 aromatic rings. The number of hydrogen-bond acceptors (Lipinski definition) is 4. The first kappa shape index (κ1) is 22.0. The van der Waals surface area contributed by atoms with Crippen LogP contribution in [0.5, 0.6) is 0 Å². The van der Waals surface area contributed by atoms with Crippen molar-refractivity contribution in [1.82, 2.24) is 4.90 Å². The lowest BCUT2D eigenvalue weighted by molar-refractivity contribution is -0.138. The predicted molar refractivity (Wildman–Crippen MR) is 111 cm³/mol. The van der Waals surface area contributed by atoms with Crippen molar-refractivity contribution in [3.63, 3.8) is 0 Å². The average molecular weight is 388 g/mol. The molecule has 0 saturated heterocycles. The minimum absolute atomic E-state index is 0.209. The Hall–Kier alpha value is -2.30. The molecule has 5 nitrogen and oxygen atoms in total. The molecule has 1 heterocycles. The second-order valence-corrected chi connectivity index (χ2v) is 8.13. The van der Waals surface area contributed by atoms with E-state index in [0.717, 1.165) is 17.6 Å². The molecular weight excluding hydrogens is 354 g/mol. The van der Waals surface area contributed by atoms with Crippen molar-refractivity contribution in [2.24, 2.45) is 0 Å². The van der Waals surface area contributed by atoms with Gasteiger partial charge in [-0.2, -0.15) is 0 Å². The molecule has 28 heavy (non-hydrogen) atoms. The summed E-state index contributed by atoms with van der Waals surface area (Å²) in [5.41, 5.74) is 3.25. The molecule has 1 amide bonds. The number of aryl methyl sites for hydroxylation is 1. The molecule has 154 valence electrons. The molecule has 0 spiro atoms. The maximum atomic E-state index is 12.6. The molecule has 0 aliphatic carbocycles. The number of ether oxygens (including phenoxy) is 2. The quantitative estimate of drug-likeness (QED) is 0.646. The highest BCUT2D eigenvalue weighted by Gasteiger charge is 2.30. The predicted octanol–water partition coefficient (Wildman–Crippen LogP) is 4.99. The van der Waals surface area contributed by atoms with Crippen LogP contribution >= 0.6 is 0 Å². The summed E-state index contributed by atoms with van der Waals surface area (Å²) in [5.74, 6) is -0.360. The van der Waals surface area contributed by atoms with Gasteiger partial charge >= 0.3 is 12.1 Å². The second-order valence-electron chi connectivity index (χ2n) is 8.13. The van der Waals surface area contributed by atoms with Crippen LogP contribution in [0.2, 0.25) is 0 Å². The number of unbranched alkanes of at least 4 members (excludes halogenated alkanes) is 1. The van der Waals surface area contributed by atoms with Crippen LogP contribution in [0.4, 0.5) is 4.79 Å². The molecule has 0 saturated carbocycles. The van der Waals surface area contributed by atoms with Gasteiger partial charge in [-0.1, -0.05) is 37.6 Å². The summed E-state index contributed by atoms with van der Waals surface area (Å²) in [7, 11) is 0. The fourth-order valence-corrected chi connectivity index (χ4v) is 3.22. The Morgan fingerprint density at radius 1 is 1.11 bits per heavy atom. The van der Waals surface area contributed by atoms with Crippen LogP contribution in [0.3, 0.4) is 0 Å². The van der Waals surface area contributed by atoms with Gasteiger partial charge in [0, 0.05) is 6.54 Å². The number of amides is 1. The van der Waals surface area contributed by atoms with E-state index >= 15 is 0 Å². The highest BCUT2D eigenvalue weighted by Crippen LogP contribution is 2.29. The molecule has 5 heteroatoms. The smallest absolute Gasteiger partial charge is 0.410 e. The van der Waals surface area contributed by atoms with Gasteiger partial charge in [-0.05, 0) is 63.7 Å². The zero-order chi connectivity index (χ0) is 20.7. The maximum absolute atomic E-state index is 12.6. The number of carbonyl (C=O) groups excluding carboxylic acids is 2. The molecule has 0 fully saturated rings. The zero-order valence-corrected chi connectivity index (χ0v) is 17.8. The molecule has 1 aliphatic rings. The lowest BCUT2D eigenvalue weighted by Gasteiger charge is -2.32. The molecule has 0 radical (unpaired) electrons. The highest BCUT2D eigenvalue weighted by molar-refractivity contribution is 5.99. The topological polar surface area (TPSA) is 55.8 Å². The van der Waals surface area contributed by atoms with Crippen LogP contribution in [-0.4, -0.2) is 42.3 Å². The van der Waals surface area contributed by atoms with E-state index in [9.17, 15) is 9.59 Å². The summed E-state index contributed by atoms with van der Waals surface area (Å²) in [6.07, 6.45) is 3.60. The lowest BCUT2D eigenvalue weighted by atomic mass is 9.92. The highest BCUT2D eigenvalue weighted by atomic mass is 16.6. The van der Waals surface area contributed by atoms with Crippen LogP contribution in [0.1, 0.15) is 65.0 Å². The zero-order valence-electron chi connectivity index (χ0n) is 17.8. The maximum Gasteiger partial charge on any atom is 0.410 e. The molecular formula is C23H33NO4. The Kier molecular flexibility index (Phi) is 7.67. The Labute approximate surface area is 168 Å². The van der Waals surface area contributed by atoms with Crippen molar-refractivity contribution in [1.29, 1.82) is 0 Å². The standard InChI is InChI=1S/C23H33NO4/c1-6-8-9-17-10-12-18(13-11-17)19-14-15-24(22(26)28-23(3,4)5)16-20(19)21(25)27-7-2/h10-13H,6-9,14-16H2,1-5H3. The summed E-state index contributed by atoms with van der Waals surface area (Å²) < 4.78 is 10.7. The van der Waals surface area contributed by atoms with Crippen LogP contribution in [-0.2, 0) is 20.7 Å². The molecule has 0 atom stereocenters. The van der Waals surface area contributed by atoms with Gasteiger partial charge in [0.1, 0.15) is 5.60 Å². The fraction of sp³-hybridized carbons (Fsp3) is 0.565. The van der Waals surface area contributed by atoms with Gasteiger partial charge in [0.15, 0.2) is 0 Å². The molecule has 1 aliphatic heterocycles. The monoisotopic (exact) mass is 387 g/mol. The molecule has 0 bridgehead atoms. The number of benzene rings is 1. The van der Waals surface area contributed by atoms with Crippen molar-refractivity contribution in [2.45, 2.75) is 65.9 Å². The Balaban J connectivity index is 2.26. The Morgan fingerprint density at radius 3 is 2.36 bits per heavy atom. The van der Waals surface area contributed by atoms with Crippen molar-refractivity contribution in [2.75, 3.05) is 19.7 Å². The van der Waals surface area contributed by atoms with Crippen LogP contribution in [0.25, 0.3) is 5.57 Å². The number of esters is 1. The van der Waals surface area contributed by atoms with E-state index in [0.29, 0.717) is 25.1 Å². The summed E-state index contributed by atoms with van der Waals surface area (Å²) in [6.45, 7) is 10.5. The van der Waals surface area contributed by atoms with Crippen LogP contribution in [0.15, 0.2) is 29.8 Å².